The number of nitrogens with zero attached hydrogens (tertiary/aromatic N) is 3. The molecule has 2 rings (SSSR count). The van der Waals surface area contributed by atoms with E-state index in [1.165, 1.54) is 57.5 Å². The number of methoxy groups -OCH3 is 1. The van der Waals surface area contributed by atoms with Crippen molar-refractivity contribution in [3.05, 3.63) is 47.4 Å². The number of anilines is 1. The number of hydrogen-bond acceptors (Lipinski definition) is 8. The molecule has 0 unspecified atom stereocenters. The number of benzene rings is 1. The van der Waals surface area contributed by atoms with Crippen LogP contribution >= 0.6 is 0 Å². The van der Waals surface area contributed by atoms with E-state index in [1.807, 2.05) is 13.8 Å². The highest BCUT2D eigenvalue weighted by atomic mass is 32.2. The van der Waals surface area contributed by atoms with Gasteiger partial charge < -0.3 is 9.84 Å². The zero-order valence-corrected chi connectivity index (χ0v) is 21.4. The van der Waals surface area contributed by atoms with Crippen molar-refractivity contribution in [2.75, 3.05) is 24.7 Å². The van der Waals surface area contributed by atoms with E-state index < -0.39 is 33.2 Å². The molecular formula is C24H30FN3O6S. The largest absolute Gasteiger partial charge is 0.469 e. The zero-order valence-electron chi connectivity index (χ0n) is 20.6. The van der Waals surface area contributed by atoms with Crippen LogP contribution in [0, 0.1) is 5.82 Å². The Morgan fingerprint density at radius 2 is 1.80 bits per heavy atom. The summed E-state index contributed by atoms with van der Waals surface area (Å²) in [6.45, 7) is 5.06. The molecule has 0 aliphatic carbocycles. The van der Waals surface area contributed by atoms with Gasteiger partial charge in [-0.1, -0.05) is 13.8 Å². The summed E-state index contributed by atoms with van der Waals surface area (Å²) in [6, 6.07) is 5.48. The van der Waals surface area contributed by atoms with E-state index in [0.29, 0.717) is 22.5 Å². The summed E-state index contributed by atoms with van der Waals surface area (Å²) >= 11 is 0. The Kier molecular flexibility index (Phi) is 8.85. The number of carbonyl (C=O) groups excluding carboxylic acids is 2. The van der Waals surface area contributed by atoms with Gasteiger partial charge in [-0.3, -0.25) is 9.59 Å². The number of ether oxygens (including phenoxy) is 1. The van der Waals surface area contributed by atoms with Gasteiger partial charge in [-0.2, -0.15) is 0 Å². The minimum absolute atomic E-state index is 0.0694. The maximum atomic E-state index is 13.6. The monoisotopic (exact) mass is 507 g/mol. The van der Waals surface area contributed by atoms with Gasteiger partial charge in [0.05, 0.1) is 36.8 Å². The predicted molar refractivity (Wildman–Crippen MR) is 131 cm³/mol. The average Bonchev–Trinajstić information content (AvgIpc) is 2.75. The fourth-order valence-corrected chi connectivity index (χ4v) is 3.63. The first kappa shape index (κ1) is 28.1. The molecule has 1 atom stereocenters. The normalized spacial score (nSPS) is 13.6. The van der Waals surface area contributed by atoms with E-state index in [4.69, 9.17) is 0 Å². The molecule has 1 heterocycles. The van der Waals surface area contributed by atoms with Crippen LogP contribution in [0.3, 0.4) is 0 Å². The molecule has 0 saturated heterocycles. The Bertz CT molecular complexity index is 1220. The Labute approximate surface area is 204 Å². The molecule has 0 saturated carbocycles. The Hall–Kier alpha value is -3.18. The first-order valence-electron chi connectivity index (χ1n) is 10.8. The van der Waals surface area contributed by atoms with Crippen molar-refractivity contribution < 1.29 is 32.2 Å². The molecule has 35 heavy (non-hydrogen) atoms. The Morgan fingerprint density at radius 3 is 2.31 bits per heavy atom. The van der Waals surface area contributed by atoms with E-state index in [0.717, 1.165) is 10.6 Å². The van der Waals surface area contributed by atoms with Crippen molar-refractivity contribution in [2.24, 2.45) is 0 Å². The SMILES string of the molecule is COC(=O)C[C@@](C)(O)CC(=O)/C=C/c1c(-c2ccc(F)cc2)nc(N(C)S(C)(=O)=O)nc1C(C)C. The van der Waals surface area contributed by atoms with Crippen molar-refractivity contribution in [1.82, 2.24) is 9.97 Å². The second-order valence-electron chi connectivity index (χ2n) is 8.79. The lowest BCUT2D eigenvalue weighted by Gasteiger charge is -2.21. The number of ketones is 1. The summed E-state index contributed by atoms with van der Waals surface area (Å²) in [5, 5.41) is 10.4. The van der Waals surface area contributed by atoms with Crippen LogP contribution < -0.4 is 4.31 Å². The fourth-order valence-electron chi connectivity index (χ4n) is 3.25. The molecule has 0 spiro atoms. The van der Waals surface area contributed by atoms with Crippen LogP contribution in [0.1, 0.15) is 50.8 Å². The molecule has 0 aliphatic heterocycles. The van der Waals surface area contributed by atoms with E-state index in [1.54, 1.807) is 0 Å². The highest BCUT2D eigenvalue weighted by molar-refractivity contribution is 7.92. The lowest BCUT2D eigenvalue weighted by Crippen LogP contribution is -2.31. The Balaban J connectivity index is 2.61. The molecule has 1 aromatic carbocycles. The van der Waals surface area contributed by atoms with Gasteiger partial charge in [-0.05, 0) is 49.3 Å². The average molecular weight is 508 g/mol. The molecule has 1 aromatic heterocycles. The van der Waals surface area contributed by atoms with E-state index in [-0.39, 0.29) is 24.7 Å². The molecular weight excluding hydrogens is 477 g/mol. The van der Waals surface area contributed by atoms with Crippen LogP contribution in [0.5, 0.6) is 0 Å². The van der Waals surface area contributed by atoms with Gasteiger partial charge in [0, 0.05) is 24.6 Å². The van der Waals surface area contributed by atoms with Gasteiger partial charge in [-0.15, -0.1) is 0 Å². The Morgan fingerprint density at radius 1 is 1.20 bits per heavy atom. The third kappa shape index (κ3) is 7.66. The fraction of sp³-hybridized carbons (Fsp3) is 0.417. The van der Waals surface area contributed by atoms with Crippen molar-refractivity contribution in [1.29, 1.82) is 0 Å². The maximum Gasteiger partial charge on any atom is 0.308 e. The number of sulfonamides is 1. The highest BCUT2D eigenvalue weighted by Gasteiger charge is 2.28. The summed E-state index contributed by atoms with van der Waals surface area (Å²) in [4.78, 5) is 33.0. The maximum absolute atomic E-state index is 13.6. The standard InChI is InChI=1S/C24H30FN3O6S/c1-15(2)21-19(12-11-18(29)13-24(3,31)14-20(30)34-5)22(16-7-9-17(25)10-8-16)27-23(26-21)28(4)35(6,32)33/h7-12,15,31H,13-14H2,1-6H3/b12-11+/t24-/m0/s1. The smallest absolute Gasteiger partial charge is 0.308 e. The number of esters is 1. The van der Waals surface area contributed by atoms with Crippen molar-refractivity contribution >= 4 is 33.8 Å². The quantitative estimate of drug-likeness (QED) is 0.384. The van der Waals surface area contributed by atoms with E-state index in [9.17, 15) is 27.5 Å². The molecule has 190 valence electrons. The van der Waals surface area contributed by atoms with Crippen LogP contribution in [-0.4, -0.2) is 61.3 Å². The third-order valence-corrected chi connectivity index (χ3v) is 6.31. The highest BCUT2D eigenvalue weighted by Crippen LogP contribution is 2.31. The molecule has 0 radical (unpaired) electrons. The van der Waals surface area contributed by atoms with Gasteiger partial charge >= 0.3 is 5.97 Å². The van der Waals surface area contributed by atoms with Crippen LogP contribution in [-0.2, 0) is 24.3 Å². The predicted octanol–water partition coefficient (Wildman–Crippen LogP) is 3.09. The first-order chi connectivity index (χ1) is 16.1. The second kappa shape index (κ2) is 11.0. The molecule has 0 aliphatic rings. The van der Waals surface area contributed by atoms with Crippen LogP contribution in [0.25, 0.3) is 17.3 Å². The molecule has 2 aromatic rings. The molecule has 11 heteroatoms. The van der Waals surface area contributed by atoms with Crippen molar-refractivity contribution in [3.63, 3.8) is 0 Å². The van der Waals surface area contributed by atoms with Crippen LogP contribution in [0.2, 0.25) is 0 Å². The minimum Gasteiger partial charge on any atom is -0.469 e. The van der Waals surface area contributed by atoms with Crippen molar-refractivity contribution in [2.45, 2.75) is 45.1 Å². The van der Waals surface area contributed by atoms with Crippen LogP contribution in [0.4, 0.5) is 10.3 Å². The number of allylic oxidation sites excluding steroid dienone is 1. The third-order valence-electron chi connectivity index (χ3n) is 5.15. The summed E-state index contributed by atoms with van der Waals surface area (Å²) in [5.41, 5.74) is 0.102. The lowest BCUT2D eigenvalue weighted by atomic mass is 9.94. The number of halogens is 1. The zero-order chi connectivity index (χ0) is 26.6. The van der Waals surface area contributed by atoms with Gasteiger partial charge in [0.15, 0.2) is 5.78 Å². The number of hydrogen-bond donors (Lipinski definition) is 1. The van der Waals surface area contributed by atoms with Gasteiger partial charge in [0.2, 0.25) is 16.0 Å². The first-order valence-corrected chi connectivity index (χ1v) is 12.6. The number of aromatic nitrogens is 2. The van der Waals surface area contributed by atoms with Crippen molar-refractivity contribution in [3.8, 4) is 11.3 Å². The molecule has 0 fully saturated rings. The van der Waals surface area contributed by atoms with E-state index in [2.05, 4.69) is 14.7 Å². The number of aliphatic hydroxyl groups is 1. The topological polar surface area (TPSA) is 127 Å². The molecule has 9 nitrogen and oxygen atoms in total. The number of rotatable bonds is 10. The van der Waals surface area contributed by atoms with Gasteiger partial charge in [0.1, 0.15) is 5.82 Å². The van der Waals surface area contributed by atoms with E-state index >= 15 is 0 Å². The van der Waals surface area contributed by atoms with Gasteiger partial charge in [0.25, 0.3) is 0 Å². The summed E-state index contributed by atoms with van der Waals surface area (Å²) in [5.74, 6) is -1.83. The summed E-state index contributed by atoms with van der Waals surface area (Å²) in [6.07, 6.45) is 3.06. The van der Waals surface area contributed by atoms with Crippen LogP contribution in [0.15, 0.2) is 30.3 Å². The summed E-state index contributed by atoms with van der Waals surface area (Å²) in [7, 11) is -1.15. The molecule has 0 bridgehead atoms. The van der Waals surface area contributed by atoms with Gasteiger partial charge in [-0.25, -0.2) is 27.1 Å². The summed E-state index contributed by atoms with van der Waals surface area (Å²) < 4.78 is 43.3. The lowest BCUT2D eigenvalue weighted by molar-refractivity contribution is -0.146. The molecule has 1 N–H and O–H groups in total. The molecule has 0 amide bonds. The minimum atomic E-state index is -3.66. The number of carbonyl (C=O) groups is 2. The second-order valence-corrected chi connectivity index (χ2v) is 10.8.